The number of hydrazone groups is 1. The van der Waals surface area contributed by atoms with Crippen LogP contribution in [0.4, 0.5) is 0 Å². The lowest BCUT2D eigenvalue weighted by Crippen LogP contribution is -2.08. The van der Waals surface area contributed by atoms with E-state index in [2.05, 4.69) is 15.5 Å². The van der Waals surface area contributed by atoms with E-state index in [-0.39, 0.29) is 0 Å². The van der Waals surface area contributed by atoms with Gasteiger partial charge >= 0.3 is 5.97 Å². The number of rotatable bonds is 4. The summed E-state index contributed by atoms with van der Waals surface area (Å²) in [6.07, 6.45) is 2.34. The molecule has 0 saturated carbocycles. The Morgan fingerprint density at radius 2 is 2.57 bits per heavy atom. The zero-order valence-corrected chi connectivity index (χ0v) is 7.90. The molecular formula is C8H8ClN3O2. The summed E-state index contributed by atoms with van der Waals surface area (Å²) < 4.78 is 0. The summed E-state index contributed by atoms with van der Waals surface area (Å²) in [6.45, 7) is 0.344. The summed E-state index contributed by atoms with van der Waals surface area (Å²) in [5, 5.41) is 12.1. The number of halogens is 1. The largest absolute Gasteiger partial charge is 0.477 e. The number of hydrogen-bond donors (Lipinski definition) is 2. The van der Waals surface area contributed by atoms with Crippen molar-refractivity contribution < 1.29 is 9.90 Å². The van der Waals surface area contributed by atoms with Crippen LogP contribution in [0.2, 0.25) is 5.15 Å². The van der Waals surface area contributed by atoms with Gasteiger partial charge in [0, 0.05) is 11.8 Å². The van der Waals surface area contributed by atoms with Gasteiger partial charge in [0.2, 0.25) is 0 Å². The minimum absolute atomic E-state index is 0.344. The molecule has 0 aliphatic heterocycles. The maximum atomic E-state index is 10.0. The van der Waals surface area contributed by atoms with Crippen molar-refractivity contribution in [1.29, 1.82) is 0 Å². The van der Waals surface area contributed by atoms with Gasteiger partial charge in [-0.05, 0) is 6.07 Å². The molecule has 5 nitrogen and oxygen atoms in total. The van der Waals surface area contributed by atoms with Gasteiger partial charge in [0.25, 0.3) is 0 Å². The predicted octanol–water partition coefficient (Wildman–Crippen LogP) is 0.895. The second kappa shape index (κ2) is 5.18. The molecule has 0 saturated heterocycles. The maximum absolute atomic E-state index is 10.0. The summed E-state index contributed by atoms with van der Waals surface area (Å²) in [6, 6.07) is 3.52. The van der Waals surface area contributed by atoms with Crippen LogP contribution in [-0.2, 0) is 11.3 Å². The van der Waals surface area contributed by atoms with Gasteiger partial charge in [-0.3, -0.25) is 0 Å². The van der Waals surface area contributed by atoms with Crippen LogP contribution >= 0.6 is 11.6 Å². The Morgan fingerprint density at radius 3 is 3.21 bits per heavy atom. The van der Waals surface area contributed by atoms with E-state index >= 15 is 0 Å². The Kier molecular flexibility index (Phi) is 3.87. The van der Waals surface area contributed by atoms with Gasteiger partial charge in [0.1, 0.15) is 11.4 Å². The molecule has 0 unspecified atom stereocenters. The van der Waals surface area contributed by atoms with Gasteiger partial charge in [0.15, 0.2) is 0 Å². The molecule has 1 aromatic heterocycles. The molecule has 0 spiro atoms. The third-order valence-electron chi connectivity index (χ3n) is 1.37. The molecule has 0 aliphatic carbocycles. The molecule has 0 fully saturated rings. The zero-order chi connectivity index (χ0) is 10.4. The van der Waals surface area contributed by atoms with E-state index in [1.54, 1.807) is 18.3 Å². The van der Waals surface area contributed by atoms with Crippen LogP contribution in [-0.4, -0.2) is 22.3 Å². The van der Waals surface area contributed by atoms with Crippen LogP contribution in [0.15, 0.2) is 23.4 Å². The van der Waals surface area contributed by atoms with Gasteiger partial charge in [-0.25, -0.2) is 9.78 Å². The number of pyridine rings is 1. The van der Waals surface area contributed by atoms with E-state index in [9.17, 15) is 4.79 Å². The van der Waals surface area contributed by atoms with Gasteiger partial charge < -0.3 is 10.5 Å². The topological polar surface area (TPSA) is 74.6 Å². The van der Waals surface area contributed by atoms with Crippen molar-refractivity contribution in [2.75, 3.05) is 0 Å². The molecule has 1 rings (SSSR count). The van der Waals surface area contributed by atoms with Crippen molar-refractivity contribution in [2.45, 2.75) is 6.54 Å². The Labute approximate surface area is 85.4 Å². The molecule has 14 heavy (non-hydrogen) atoms. The number of nitrogens with one attached hydrogen (secondary N) is 1. The first-order chi connectivity index (χ1) is 6.70. The quantitative estimate of drug-likeness (QED) is 0.443. The number of carboxylic acids is 1. The molecule has 0 aromatic carbocycles. The second-order valence-corrected chi connectivity index (χ2v) is 2.74. The van der Waals surface area contributed by atoms with Gasteiger partial charge in [-0.1, -0.05) is 17.7 Å². The Morgan fingerprint density at radius 1 is 1.79 bits per heavy atom. The van der Waals surface area contributed by atoms with Crippen molar-refractivity contribution in [3.05, 3.63) is 29.0 Å². The minimum atomic E-state index is -1.10. The van der Waals surface area contributed by atoms with Crippen LogP contribution in [0.3, 0.4) is 0 Å². The summed E-state index contributed by atoms with van der Waals surface area (Å²) in [5.74, 6) is -1.10. The van der Waals surface area contributed by atoms with Crippen LogP contribution in [0, 0.1) is 0 Å². The molecular weight excluding hydrogens is 206 g/mol. The molecule has 1 heterocycles. The van der Waals surface area contributed by atoms with Crippen LogP contribution in [0.25, 0.3) is 0 Å². The zero-order valence-electron chi connectivity index (χ0n) is 7.14. The van der Waals surface area contributed by atoms with Crippen LogP contribution in [0.5, 0.6) is 0 Å². The van der Waals surface area contributed by atoms with E-state index in [1.807, 2.05) is 0 Å². The lowest BCUT2D eigenvalue weighted by Gasteiger charge is -2.01. The standard InChI is InChI=1S/C8H8ClN3O2/c9-8-6(2-1-3-10-8)4-11-12-5-7(13)14/h1-3,5,11H,4H2,(H,13,14). The van der Waals surface area contributed by atoms with Gasteiger partial charge in [-0.2, -0.15) is 5.10 Å². The first-order valence-electron chi connectivity index (χ1n) is 3.78. The molecule has 0 amide bonds. The highest BCUT2D eigenvalue weighted by Gasteiger charge is 1.97. The van der Waals surface area contributed by atoms with E-state index in [1.165, 1.54) is 0 Å². The molecule has 0 aliphatic rings. The SMILES string of the molecule is O=C(O)C=NNCc1cccnc1Cl. The number of carbonyl (C=O) groups is 1. The Balaban J connectivity index is 2.46. The fraction of sp³-hybridized carbons (Fsp3) is 0.125. The van der Waals surface area contributed by atoms with Crippen molar-refractivity contribution in [3.8, 4) is 0 Å². The third-order valence-corrected chi connectivity index (χ3v) is 1.71. The maximum Gasteiger partial charge on any atom is 0.348 e. The van der Waals surface area contributed by atoms with Gasteiger partial charge in [-0.15, -0.1) is 0 Å². The summed E-state index contributed by atoms with van der Waals surface area (Å²) in [5.41, 5.74) is 3.30. The highest BCUT2D eigenvalue weighted by atomic mass is 35.5. The monoisotopic (exact) mass is 213 g/mol. The molecule has 6 heteroatoms. The van der Waals surface area contributed by atoms with Crippen molar-refractivity contribution in [3.63, 3.8) is 0 Å². The fourth-order valence-electron chi connectivity index (χ4n) is 0.783. The normalized spacial score (nSPS) is 10.4. The first kappa shape index (κ1) is 10.5. The van der Waals surface area contributed by atoms with Crippen molar-refractivity contribution in [1.82, 2.24) is 10.4 Å². The Bertz CT molecular complexity index is 354. The van der Waals surface area contributed by atoms with Crippen LogP contribution in [0.1, 0.15) is 5.56 Å². The average molecular weight is 214 g/mol. The molecule has 74 valence electrons. The summed E-state index contributed by atoms with van der Waals surface area (Å²) in [4.78, 5) is 13.9. The molecule has 1 aromatic rings. The second-order valence-electron chi connectivity index (χ2n) is 2.38. The lowest BCUT2D eigenvalue weighted by atomic mass is 10.3. The molecule has 0 bridgehead atoms. The van der Waals surface area contributed by atoms with Crippen LogP contribution < -0.4 is 5.43 Å². The lowest BCUT2D eigenvalue weighted by molar-refractivity contribution is -0.128. The summed E-state index contributed by atoms with van der Waals surface area (Å²) >= 11 is 5.75. The molecule has 0 radical (unpaired) electrons. The Hall–Kier alpha value is -1.62. The number of hydrogen-bond acceptors (Lipinski definition) is 4. The highest BCUT2D eigenvalue weighted by Crippen LogP contribution is 2.10. The third kappa shape index (κ3) is 3.40. The molecule has 0 atom stereocenters. The number of nitrogens with zero attached hydrogens (tertiary/aromatic N) is 2. The smallest absolute Gasteiger partial charge is 0.348 e. The van der Waals surface area contributed by atoms with E-state index in [0.717, 1.165) is 11.8 Å². The number of aromatic nitrogens is 1. The number of carboxylic acid groups (broad SMARTS) is 1. The van der Waals surface area contributed by atoms with Crippen molar-refractivity contribution >= 4 is 23.8 Å². The minimum Gasteiger partial charge on any atom is -0.477 e. The fourth-order valence-corrected chi connectivity index (χ4v) is 0.969. The summed E-state index contributed by atoms with van der Waals surface area (Å²) in [7, 11) is 0. The van der Waals surface area contributed by atoms with Gasteiger partial charge in [0.05, 0.1) is 6.54 Å². The first-order valence-corrected chi connectivity index (χ1v) is 4.16. The van der Waals surface area contributed by atoms with E-state index < -0.39 is 5.97 Å². The van der Waals surface area contributed by atoms with Crippen molar-refractivity contribution in [2.24, 2.45) is 5.10 Å². The number of aliphatic carboxylic acids is 1. The average Bonchev–Trinajstić information content (AvgIpc) is 2.15. The predicted molar refractivity (Wildman–Crippen MR) is 52.2 cm³/mol. The molecule has 2 N–H and O–H groups in total. The van der Waals surface area contributed by atoms with E-state index in [4.69, 9.17) is 16.7 Å². The van der Waals surface area contributed by atoms with E-state index in [0.29, 0.717) is 11.7 Å². The highest BCUT2D eigenvalue weighted by molar-refractivity contribution is 6.30.